The third-order valence-corrected chi connectivity index (χ3v) is 2.05. The third kappa shape index (κ3) is 5.05. The molecule has 0 spiro atoms. The summed E-state index contributed by atoms with van der Waals surface area (Å²) in [6.07, 6.45) is 7.69. The van der Waals surface area contributed by atoms with Gasteiger partial charge in [0, 0.05) is 19.4 Å². The van der Waals surface area contributed by atoms with E-state index in [0.29, 0.717) is 19.4 Å². The van der Waals surface area contributed by atoms with Crippen LogP contribution in [0.4, 0.5) is 0 Å². The molecular formula is C12H17NO2. The molecule has 3 nitrogen and oxygen atoms in total. The van der Waals surface area contributed by atoms with Crippen LogP contribution in [0.25, 0.3) is 0 Å². The highest BCUT2D eigenvalue weighted by Gasteiger charge is 2.02. The Kier molecular flexibility index (Phi) is 5.30. The second-order valence-corrected chi connectivity index (χ2v) is 3.29. The van der Waals surface area contributed by atoms with Crippen LogP contribution in [-0.4, -0.2) is 12.5 Å². The molecule has 3 heteroatoms. The van der Waals surface area contributed by atoms with Crippen molar-refractivity contribution in [3.63, 3.8) is 0 Å². The average Bonchev–Trinajstić information content (AvgIpc) is 2.74. The van der Waals surface area contributed by atoms with E-state index in [9.17, 15) is 4.79 Å². The van der Waals surface area contributed by atoms with Gasteiger partial charge in [0.25, 0.3) is 0 Å². The maximum atomic E-state index is 11.3. The van der Waals surface area contributed by atoms with Crippen LogP contribution in [0.3, 0.4) is 0 Å². The van der Waals surface area contributed by atoms with Crippen molar-refractivity contribution in [3.05, 3.63) is 36.3 Å². The first kappa shape index (κ1) is 11.6. The molecule has 0 saturated heterocycles. The number of hydrogen-bond acceptors (Lipinski definition) is 2. The van der Waals surface area contributed by atoms with Crippen molar-refractivity contribution in [1.29, 1.82) is 0 Å². The molecule has 0 atom stereocenters. The molecule has 0 radical (unpaired) electrons. The standard InChI is InChI=1S/C12H17NO2/c1-2-3-4-9-13-12(14)8-7-11-6-5-10-15-11/h2-3,5-6,10H,4,7-9H2,1H3,(H,13,14)/b3-2+. The van der Waals surface area contributed by atoms with E-state index >= 15 is 0 Å². The average molecular weight is 207 g/mol. The summed E-state index contributed by atoms with van der Waals surface area (Å²) in [4.78, 5) is 11.3. The van der Waals surface area contributed by atoms with E-state index in [-0.39, 0.29) is 5.91 Å². The van der Waals surface area contributed by atoms with E-state index in [4.69, 9.17) is 4.42 Å². The molecular weight excluding hydrogens is 190 g/mol. The van der Waals surface area contributed by atoms with Crippen LogP contribution < -0.4 is 5.32 Å². The third-order valence-electron chi connectivity index (χ3n) is 2.05. The number of hydrogen-bond donors (Lipinski definition) is 1. The fraction of sp³-hybridized carbons (Fsp3) is 0.417. The highest BCUT2D eigenvalue weighted by Crippen LogP contribution is 2.03. The number of carbonyl (C=O) groups excluding carboxylic acids is 1. The SMILES string of the molecule is C/C=C/CCNC(=O)CCc1ccco1. The molecule has 0 aliphatic heterocycles. The largest absolute Gasteiger partial charge is 0.469 e. The zero-order valence-electron chi connectivity index (χ0n) is 9.03. The summed E-state index contributed by atoms with van der Waals surface area (Å²) in [5.74, 6) is 0.939. The van der Waals surface area contributed by atoms with Crippen molar-refractivity contribution in [2.24, 2.45) is 0 Å². The summed E-state index contributed by atoms with van der Waals surface area (Å²) in [6.45, 7) is 2.68. The molecule has 0 saturated carbocycles. The Balaban J connectivity index is 2.08. The van der Waals surface area contributed by atoms with Gasteiger partial charge in [0.05, 0.1) is 6.26 Å². The molecule has 1 aromatic heterocycles. The lowest BCUT2D eigenvalue weighted by Crippen LogP contribution is -2.24. The first-order chi connectivity index (χ1) is 7.33. The Morgan fingerprint density at radius 2 is 2.47 bits per heavy atom. The molecule has 0 aliphatic carbocycles. The predicted molar refractivity (Wildman–Crippen MR) is 59.5 cm³/mol. The summed E-state index contributed by atoms with van der Waals surface area (Å²) >= 11 is 0. The van der Waals surface area contributed by atoms with Gasteiger partial charge in [0.1, 0.15) is 5.76 Å². The monoisotopic (exact) mass is 207 g/mol. The topological polar surface area (TPSA) is 42.2 Å². The summed E-state index contributed by atoms with van der Waals surface area (Å²) in [7, 11) is 0. The Morgan fingerprint density at radius 1 is 1.60 bits per heavy atom. The molecule has 1 N–H and O–H groups in total. The fourth-order valence-electron chi connectivity index (χ4n) is 1.24. The van der Waals surface area contributed by atoms with E-state index < -0.39 is 0 Å². The summed E-state index contributed by atoms with van der Waals surface area (Å²) < 4.78 is 5.14. The number of aryl methyl sites for hydroxylation is 1. The molecule has 82 valence electrons. The molecule has 15 heavy (non-hydrogen) atoms. The highest BCUT2D eigenvalue weighted by atomic mass is 16.3. The minimum Gasteiger partial charge on any atom is -0.469 e. The second-order valence-electron chi connectivity index (χ2n) is 3.29. The van der Waals surface area contributed by atoms with Gasteiger partial charge in [-0.2, -0.15) is 0 Å². The van der Waals surface area contributed by atoms with Crippen molar-refractivity contribution >= 4 is 5.91 Å². The molecule has 1 rings (SSSR count). The van der Waals surface area contributed by atoms with Crippen molar-refractivity contribution in [1.82, 2.24) is 5.32 Å². The molecule has 0 unspecified atom stereocenters. The quantitative estimate of drug-likeness (QED) is 0.574. The van der Waals surface area contributed by atoms with Gasteiger partial charge in [-0.15, -0.1) is 0 Å². The van der Waals surface area contributed by atoms with Gasteiger partial charge in [-0.25, -0.2) is 0 Å². The zero-order chi connectivity index (χ0) is 10.9. The van der Waals surface area contributed by atoms with Crippen molar-refractivity contribution in [2.75, 3.05) is 6.54 Å². The molecule has 0 fully saturated rings. The zero-order valence-corrected chi connectivity index (χ0v) is 9.03. The first-order valence-corrected chi connectivity index (χ1v) is 5.23. The lowest BCUT2D eigenvalue weighted by molar-refractivity contribution is -0.121. The minimum absolute atomic E-state index is 0.0795. The Morgan fingerprint density at radius 3 is 3.13 bits per heavy atom. The molecule has 0 aromatic carbocycles. The van der Waals surface area contributed by atoms with E-state index in [1.807, 2.05) is 31.2 Å². The van der Waals surface area contributed by atoms with E-state index in [1.54, 1.807) is 6.26 Å². The highest BCUT2D eigenvalue weighted by molar-refractivity contribution is 5.76. The number of amides is 1. The second kappa shape index (κ2) is 6.87. The van der Waals surface area contributed by atoms with Crippen LogP contribution in [0.2, 0.25) is 0 Å². The first-order valence-electron chi connectivity index (χ1n) is 5.23. The lowest BCUT2D eigenvalue weighted by atomic mass is 10.2. The van der Waals surface area contributed by atoms with Gasteiger partial charge < -0.3 is 9.73 Å². The number of allylic oxidation sites excluding steroid dienone is 1. The van der Waals surface area contributed by atoms with E-state index in [0.717, 1.165) is 12.2 Å². The smallest absolute Gasteiger partial charge is 0.220 e. The van der Waals surface area contributed by atoms with Crippen LogP contribution in [0.15, 0.2) is 35.0 Å². The van der Waals surface area contributed by atoms with Crippen molar-refractivity contribution in [2.45, 2.75) is 26.2 Å². The number of rotatable bonds is 6. The van der Waals surface area contributed by atoms with Gasteiger partial charge in [-0.1, -0.05) is 12.2 Å². The van der Waals surface area contributed by atoms with Crippen molar-refractivity contribution in [3.8, 4) is 0 Å². The Hall–Kier alpha value is -1.51. The summed E-state index contributed by atoms with van der Waals surface area (Å²) in [6, 6.07) is 3.71. The van der Waals surface area contributed by atoms with Crippen LogP contribution in [0.5, 0.6) is 0 Å². The number of nitrogens with one attached hydrogen (secondary N) is 1. The Bertz CT molecular complexity index is 301. The van der Waals surface area contributed by atoms with Gasteiger partial charge in [0.2, 0.25) is 5.91 Å². The number of furan rings is 1. The van der Waals surface area contributed by atoms with E-state index in [2.05, 4.69) is 5.32 Å². The molecule has 1 amide bonds. The van der Waals surface area contributed by atoms with Gasteiger partial charge in [0.15, 0.2) is 0 Å². The normalized spacial score (nSPS) is 10.7. The van der Waals surface area contributed by atoms with Gasteiger partial charge >= 0.3 is 0 Å². The fourth-order valence-corrected chi connectivity index (χ4v) is 1.24. The number of carbonyl (C=O) groups is 1. The van der Waals surface area contributed by atoms with Crippen LogP contribution in [0, 0.1) is 0 Å². The van der Waals surface area contributed by atoms with Crippen LogP contribution >= 0.6 is 0 Å². The summed E-state index contributed by atoms with van der Waals surface area (Å²) in [5, 5.41) is 2.85. The maximum absolute atomic E-state index is 11.3. The van der Waals surface area contributed by atoms with Gasteiger partial charge in [-0.3, -0.25) is 4.79 Å². The Labute approximate surface area is 90.2 Å². The van der Waals surface area contributed by atoms with Gasteiger partial charge in [-0.05, 0) is 25.5 Å². The summed E-state index contributed by atoms with van der Waals surface area (Å²) in [5.41, 5.74) is 0. The van der Waals surface area contributed by atoms with Crippen molar-refractivity contribution < 1.29 is 9.21 Å². The predicted octanol–water partition coefficient (Wildman–Crippen LogP) is 2.29. The van der Waals surface area contributed by atoms with E-state index in [1.165, 1.54) is 0 Å². The molecule has 0 aliphatic rings. The maximum Gasteiger partial charge on any atom is 0.220 e. The molecule has 1 heterocycles. The molecule has 0 bridgehead atoms. The lowest BCUT2D eigenvalue weighted by Gasteiger charge is -2.01. The van der Waals surface area contributed by atoms with Crippen LogP contribution in [0.1, 0.15) is 25.5 Å². The minimum atomic E-state index is 0.0795. The van der Waals surface area contributed by atoms with Crippen LogP contribution in [-0.2, 0) is 11.2 Å². The molecule has 1 aromatic rings.